The molecule has 0 saturated carbocycles. The Balaban J connectivity index is 1.36. The van der Waals surface area contributed by atoms with Gasteiger partial charge in [-0.05, 0) is 30.2 Å². The lowest BCUT2D eigenvalue weighted by atomic mass is 10.1. The van der Waals surface area contributed by atoms with E-state index in [1.165, 1.54) is 22.4 Å². The van der Waals surface area contributed by atoms with Gasteiger partial charge in [0.2, 0.25) is 5.91 Å². The lowest BCUT2D eigenvalue weighted by Gasteiger charge is -2.34. The SMILES string of the molecule is Cc1ccc2nc(N3CCN(C(=O)Cc4ccc([N+](=O)[O-])cc4)CC3)sc2c1. The number of hydrogen-bond acceptors (Lipinski definition) is 6. The lowest BCUT2D eigenvalue weighted by molar-refractivity contribution is -0.384. The molecule has 0 spiro atoms. The Bertz CT molecular complexity index is 1020. The monoisotopic (exact) mass is 396 g/mol. The highest BCUT2D eigenvalue weighted by Crippen LogP contribution is 2.30. The van der Waals surface area contributed by atoms with Gasteiger partial charge >= 0.3 is 0 Å². The number of hydrogen-bond donors (Lipinski definition) is 0. The molecule has 7 nitrogen and oxygen atoms in total. The number of amides is 1. The Kier molecular flexibility index (Phi) is 4.95. The van der Waals surface area contributed by atoms with E-state index < -0.39 is 4.92 Å². The van der Waals surface area contributed by atoms with Crippen LogP contribution in [0.1, 0.15) is 11.1 Å². The van der Waals surface area contributed by atoms with Gasteiger partial charge in [0.25, 0.3) is 5.69 Å². The number of benzene rings is 2. The Hall–Kier alpha value is -3.00. The van der Waals surface area contributed by atoms with Crippen LogP contribution in [0.2, 0.25) is 0 Å². The number of thiazole rings is 1. The van der Waals surface area contributed by atoms with Crippen LogP contribution in [-0.4, -0.2) is 46.9 Å². The topological polar surface area (TPSA) is 79.6 Å². The molecule has 0 N–H and O–H groups in total. The van der Waals surface area contributed by atoms with Crippen LogP contribution in [0.25, 0.3) is 10.2 Å². The number of fused-ring (bicyclic) bond motifs is 1. The van der Waals surface area contributed by atoms with Gasteiger partial charge in [-0.1, -0.05) is 29.5 Å². The number of rotatable bonds is 4. The van der Waals surface area contributed by atoms with E-state index in [2.05, 4.69) is 30.0 Å². The first-order valence-corrected chi connectivity index (χ1v) is 9.94. The van der Waals surface area contributed by atoms with Crippen LogP contribution < -0.4 is 4.90 Å². The molecule has 3 aromatic rings. The number of carbonyl (C=O) groups is 1. The van der Waals surface area contributed by atoms with Crippen LogP contribution in [0.4, 0.5) is 10.8 Å². The number of piperazine rings is 1. The summed E-state index contributed by atoms with van der Waals surface area (Å²) in [6.45, 7) is 4.89. The zero-order valence-electron chi connectivity index (χ0n) is 15.5. The van der Waals surface area contributed by atoms with Crippen molar-refractivity contribution in [1.29, 1.82) is 0 Å². The Labute approximate surface area is 166 Å². The van der Waals surface area contributed by atoms with E-state index in [1.807, 2.05) is 4.90 Å². The Morgan fingerprint density at radius 3 is 2.54 bits per heavy atom. The quantitative estimate of drug-likeness (QED) is 0.499. The minimum Gasteiger partial charge on any atom is -0.345 e. The molecule has 1 fully saturated rings. The van der Waals surface area contributed by atoms with Crippen molar-refractivity contribution in [2.45, 2.75) is 13.3 Å². The van der Waals surface area contributed by atoms with Crippen LogP contribution in [0, 0.1) is 17.0 Å². The van der Waals surface area contributed by atoms with E-state index >= 15 is 0 Å². The molecule has 2 aromatic carbocycles. The summed E-state index contributed by atoms with van der Waals surface area (Å²) >= 11 is 1.69. The highest BCUT2D eigenvalue weighted by Gasteiger charge is 2.23. The van der Waals surface area contributed by atoms with E-state index in [0.717, 1.165) is 29.3 Å². The minimum absolute atomic E-state index is 0.0378. The second-order valence-corrected chi connectivity index (χ2v) is 7.94. The first-order chi connectivity index (χ1) is 13.5. The maximum Gasteiger partial charge on any atom is 0.269 e. The maximum atomic E-state index is 12.6. The summed E-state index contributed by atoms with van der Waals surface area (Å²) in [5, 5.41) is 11.7. The number of nitrogens with zero attached hydrogens (tertiary/aromatic N) is 4. The normalized spacial score (nSPS) is 14.5. The molecule has 144 valence electrons. The summed E-state index contributed by atoms with van der Waals surface area (Å²) in [7, 11) is 0. The van der Waals surface area contributed by atoms with E-state index in [4.69, 9.17) is 4.98 Å². The lowest BCUT2D eigenvalue weighted by Crippen LogP contribution is -2.49. The molecule has 0 unspecified atom stereocenters. The summed E-state index contributed by atoms with van der Waals surface area (Å²) in [4.78, 5) is 31.7. The van der Waals surface area contributed by atoms with Crippen LogP contribution in [-0.2, 0) is 11.2 Å². The Morgan fingerprint density at radius 2 is 1.86 bits per heavy atom. The fraction of sp³-hybridized carbons (Fsp3) is 0.300. The zero-order valence-corrected chi connectivity index (χ0v) is 16.3. The fourth-order valence-corrected chi connectivity index (χ4v) is 4.44. The molecule has 0 aliphatic carbocycles. The van der Waals surface area contributed by atoms with Crippen molar-refractivity contribution in [3.05, 3.63) is 63.7 Å². The molecule has 1 aromatic heterocycles. The third-order valence-corrected chi connectivity index (χ3v) is 6.02. The smallest absolute Gasteiger partial charge is 0.269 e. The molecular weight excluding hydrogens is 376 g/mol. The van der Waals surface area contributed by atoms with E-state index in [0.29, 0.717) is 13.1 Å². The van der Waals surface area contributed by atoms with Crippen LogP contribution in [0.3, 0.4) is 0 Å². The summed E-state index contributed by atoms with van der Waals surface area (Å²) in [5.41, 5.74) is 3.07. The van der Waals surface area contributed by atoms with Crippen molar-refractivity contribution in [3.8, 4) is 0 Å². The van der Waals surface area contributed by atoms with E-state index in [9.17, 15) is 14.9 Å². The number of nitro groups is 1. The number of carbonyl (C=O) groups excluding carboxylic acids is 1. The van der Waals surface area contributed by atoms with Crippen molar-refractivity contribution in [2.75, 3.05) is 31.1 Å². The molecule has 0 bridgehead atoms. The van der Waals surface area contributed by atoms with Crippen molar-refractivity contribution < 1.29 is 9.72 Å². The fourth-order valence-electron chi connectivity index (χ4n) is 3.32. The summed E-state index contributed by atoms with van der Waals surface area (Å²) in [6, 6.07) is 12.4. The zero-order chi connectivity index (χ0) is 19.7. The van der Waals surface area contributed by atoms with Crippen molar-refractivity contribution in [3.63, 3.8) is 0 Å². The average Bonchev–Trinajstić information content (AvgIpc) is 3.11. The Morgan fingerprint density at radius 1 is 1.14 bits per heavy atom. The molecule has 4 rings (SSSR count). The molecule has 0 atom stereocenters. The first-order valence-electron chi connectivity index (χ1n) is 9.13. The predicted molar refractivity (Wildman–Crippen MR) is 110 cm³/mol. The van der Waals surface area contributed by atoms with Crippen molar-refractivity contribution in [2.24, 2.45) is 0 Å². The van der Waals surface area contributed by atoms with Gasteiger partial charge in [0.1, 0.15) is 0 Å². The number of aryl methyl sites for hydroxylation is 1. The average molecular weight is 396 g/mol. The summed E-state index contributed by atoms with van der Waals surface area (Å²) in [6.07, 6.45) is 0.262. The van der Waals surface area contributed by atoms with Gasteiger partial charge in [-0.25, -0.2) is 4.98 Å². The standard InChI is InChI=1S/C20H20N4O3S/c1-14-2-7-17-18(12-14)28-20(21-17)23-10-8-22(9-11-23)19(25)13-15-3-5-16(6-4-15)24(26)27/h2-7,12H,8-11,13H2,1H3. The van der Waals surface area contributed by atoms with Gasteiger partial charge in [0.05, 0.1) is 21.6 Å². The largest absolute Gasteiger partial charge is 0.345 e. The maximum absolute atomic E-state index is 12.6. The third kappa shape index (κ3) is 3.82. The van der Waals surface area contributed by atoms with Gasteiger partial charge in [0.15, 0.2) is 5.13 Å². The second-order valence-electron chi connectivity index (χ2n) is 6.94. The third-order valence-electron chi connectivity index (χ3n) is 4.94. The van der Waals surface area contributed by atoms with E-state index in [-0.39, 0.29) is 18.0 Å². The highest BCUT2D eigenvalue weighted by atomic mass is 32.1. The van der Waals surface area contributed by atoms with Gasteiger partial charge in [0, 0.05) is 38.3 Å². The molecule has 28 heavy (non-hydrogen) atoms. The summed E-state index contributed by atoms with van der Waals surface area (Å²) < 4.78 is 1.19. The molecule has 8 heteroatoms. The minimum atomic E-state index is -0.436. The second kappa shape index (κ2) is 7.55. The molecule has 1 aliphatic heterocycles. The molecular formula is C20H20N4O3S. The van der Waals surface area contributed by atoms with Crippen molar-refractivity contribution in [1.82, 2.24) is 9.88 Å². The molecule has 0 radical (unpaired) electrons. The predicted octanol–water partition coefficient (Wildman–Crippen LogP) is 3.40. The number of nitro benzene ring substituents is 1. The number of aromatic nitrogens is 1. The van der Waals surface area contributed by atoms with E-state index in [1.54, 1.807) is 23.5 Å². The number of non-ortho nitro benzene ring substituents is 1. The number of anilines is 1. The van der Waals surface area contributed by atoms with Crippen molar-refractivity contribution >= 4 is 38.3 Å². The van der Waals surface area contributed by atoms with Gasteiger partial charge in [-0.15, -0.1) is 0 Å². The van der Waals surface area contributed by atoms with Crippen LogP contribution in [0.5, 0.6) is 0 Å². The van der Waals surface area contributed by atoms with Gasteiger partial charge in [-0.2, -0.15) is 0 Å². The molecule has 1 aliphatic rings. The first kappa shape index (κ1) is 18.4. The van der Waals surface area contributed by atoms with Crippen LogP contribution >= 0.6 is 11.3 Å². The highest BCUT2D eigenvalue weighted by molar-refractivity contribution is 7.22. The van der Waals surface area contributed by atoms with Gasteiger partial charge < -0.3 is 9.80 Å². The molecule has 2 heterocycles. The summed E-state index contributed by atoms with van der Waals surface area (Å²) in [5.74, 6) is 0.0495. The van der Waals surface area contributed by atoms with Gasteiger partial charge in [-0.3, -0.25) is 14.9 Å². The van der Waals surface area contributed by atoms with Crippen LogP contribution in [0.15, 0.2) is 42.5 Å². The molecule has 1 amide bonds. The molecule has 1 saturated heterocycles.